The van der Waals surface area contributed by atoms with Crippen LogP contribution in [0.5, 0.6) is 17.2 Å². The minimum atomic E-state index is -2.99. The van der Waals surface area contributed by atoms with Gasteiger partial charge in [0.15, 0.2) is 15.6 Å². The third-order valence-electron chi connectivity index (χ3n) is 5.47. The van der Waals surface area contributed by atoms with Gasteiger partial charge in [0, 0.05) is 23.7 Å². The number of fused-ring (bicyclic) bond motifs is 1. The monoisotopic (exact) mass is 429 g/mol. The lowest BCUT2D eigenvalue weighted by Crippen LogP contribution is -2.29. The molecule has 2 aliphatic heterocycles. The summed E-state index contributed by atoms with van der Waals surface area (Å²) in [6, 6.07) is 8.69. The fraction of sp³-hybridized carbons (Fsp3) is 0.318. The number of methoxy groups -OCH3 is 1. The van der Waals surface area contributed by atoms with Crippen molar-refractivity contribution in [3.63, 3.8) is 0 Å². The van der Waals surface area contributed by atoms with Crippen LogP contribution < -0.4 is 14.8 Å². The van der Waals surface area contributed by atoms with Gasteiger partial charge in [-0.25, -0.2) is 8.42 Å². The molecule has 4 rings (SSSR count). The number of phenolic OH excluding ortho intramolecular Hbond substituents is 1. The highest BCUT2D eigenvalue weighted by Crippen LogP contribution is 2.41. The van der Waals surface area contributed by atoms with Crippen molar-refractivity contribution in [1.82, 2.24) is 5.32 Å². The van der Waals surface area contributed by atoms with E-state index < -0.39 is 9.84 Å². The van der Waals surface area contributed by atoms with Gasteiger partial charge in [-0.1, -0.05) is 12.1 Å². The van der Waals surface area contributed by atoms with Crippen LogP contribution in [-0.2, 0) is 16.4 Å². The number of sulfone groups is 1. The van der Waals surface area contributed by atoms with Crippen molar-refractivity contribution in [2.45, 2.75) is 25.9 Å². The number of rotatable bonds is 5. The number of hydrogen-bond donors (Lipinski definition) is 2. The van der Waals surface area contributed by atoms with E-state index >= 15 is 0 Å². The molecule has 7 nitrogen and oxygen atoms in total. The molecule has 1 saturated heterocycles. The van der Waals surface area contributed by atoms with Crippen molar-refractivity contribution < 1.29 is 27.8 Å². The number of aromatic hydroxyl groups is 1. The Kier molecular flexibility index (Phi) is 5.29. The summed E-state index contributed by atoms with van der Waals surface area (Å²) in [5, 5.41) is 13.7. The van der Waals surface area contributed by atoms with Gasteiger partial charge in [-0.2, -0.15) is 0 Å². The number of phenols is 1. The van der Waals surface area contributed by atoms with Gasteiger partial charge in [0.2, 0.25) is 5.78 Å². The van der Waals surface area contributed by atoms with Crippen LogP contribution in [0.25, 0.3) is 6.08 Å². The van der Waals surface area contributed by atoms with E-state index in [1.54, 1.807) is 38.3 Å². The van der Waals surface area contributed by atoms with Gasteiger partial charge in [-0.05, 0) is 43.2 Å². The molecule has 1 atom stereocenters. The Morgan fingerprint density at radius 3 is 2.67 bits per heavy atom. The fourth-order valence-electron chi connectivity index (χ4n) is 3.74. The second-order valence-corrected chi connectivity index (χ2v) is 9.81. The van der Waals surface area contributed by atoms with Crippen molar-refractivity contribution >= 4 is 21.7 Å². The molecule has 0 bridgehead atoms. The van der Waals surface area contributed by atoms with Crippen molar-refractivity contribution in [1.29, 1.82) is 0 Å². The van der Waals surface area contributed by atoms with Gasteiger partial charge in [-0.15, -0.1) is 0 Å². The summed E-state index contributed by atoms with van der Waals surface area (Å²) < 4.78 is 34.2. The average molecular weight is 429 g/mol. The topological polar surface area (TPSA) is 102 Å². The number of nitrogens with one attached hydrogen (secondary N) is 1. The van der Waals surface area contributed by atoms with Crippen molar-refractivity contribution in [2.75, 3.05) is 18.6 Å². The molecule has 0 amide bonds. The first-order chi connectivity index (χ1) is 14.3. The van der Waals surface area contributed by atoms with E-state index in [0.29, 0.717) is 34.6 Å². The van der Waals surface area contributed by atoms with Gasteiger partial charge in [0.05, 0.1) is 24.2 Å². The highest BCUT2D eigenvalue weighted by Gasteiger charge is 2.32. The summed E-state index contributed by atoms with van der Waals surface area (Å²) in [6.07, 6.45) is 2.20. The molecule has 158 valence electrons. The van der Waals surface area contributed by atoms with E-state index in [1.165, 1.54) is 0 Å². The SMILES string of the molecule is COc1ccc(C=C2Oc3c(cc(CNC4CCS(=O)(=O)C4)c(O)c3C)C2=O)cc1. The van der Waals surface area contributed by atoms with Crippen LogP contribution >= 0.6 is 0 Å². The number of carbonyl (C=O) groups is 1. The van der Waals surface area contributed by atoms with Crippen LogP contribution in [-0.4, -0.2) is 44.0 Å². The van der Waals surface area contributed by atoms with E-state index in [-0.39, 0.29) is 41.4 Å². The molecule has 0 aromatic heterocycles. The number of carbonyl (C=O) groups excluding carboxylic acids is 1. The molecule has 0 spiro atoms. The lowest BCUT2D eigenvalue weighted by molar-refractivity contribution is 0.101. The third-order valence-corrected chi connectivity index (χ3v) is 7.24. The van der Waals surface area contributed by atoms with E-state index in [4.69, 9.17) is 9.47 Å². The van der Waals surface area contributed by atoms with Crippen molar-refractivity contribution in [3.05, 3.63) is 58.3 Å². The second-order valence-electron chi connectivity index (χ2n) is 7.58. The van der Waals surface area contributed by atoms with Gasteiger partial charge < -0.3 is 19.9 Å². The second kappa shape index (κ2) is 7.77. The molecular weight excluding hydrogens is 406 g/mol. The predicted octanol–water partition coefficient (Wildman–Crippen LogP) is 2.60. The molecule has 0 saturated carbocycles. The van der Waals surface area contributed by atoms with Gasteiger partial charge in [0.25, 0.3) is 0 Å². The zero-order valence-electron chi connectivity index (χ0n) is 16.8. The molecule has 2 aliphatic rings. The maximum absolute atomic E-state index is 12.9. The first-order valence-corrected chi connectivity index (χ1v) is 11.5. The molecule has 1 unspecified atom stereocenters. The van der Waals surface area contributed by atoms with Crippen molar-refractivity contribution in [2.24, 2.45) is 0 Å². The maximum atomic E-state index is 12.9. The van der Waals surface area contributed by atoms with E-state index in [0.717, 1.165) is 5.56 Å². The highest BCUT2D eigenvalue weighted by molar-refractivity contribution is 7.91. The molecule has 2 aromatic carbocycles. The van der Waals surface area contributed by atoms with Crippen LogP contribution in [0.2, 0.25) is 0 Å². The molecular formula is C22H23NO6S. The van der Waals surface area contributed by atoms with Gasteiger partial charge >= 0.3 is 0 Å². The van der Waals surface area contributed by atoms with Crippen LogP contribution in [0.15, 0.2) is 36.1 Å². The van der Waals surface area contributed by atoms with Crippen LogP contribution in [0.3, 0.4) is 0 Å². The summed E-state index contributed by atoms with van der Waals surface area (Å²) in [5.41, 5.74) is 2.20. The third kappa shape index (κ3) is 3.93. The molecule has 1 fully saturated rings. The summed E-state index contributed by atoms with van der Waals surface area (Å²) in [4.78, 5) is 12.9. The molecule has 8 heteroatoms. The smallest absolute Gasteiger partial charge is 0.231 e. The molecule has 2 aromatic rings. The lowest BCUT2D eigenvalue weighted by atomic mass is 10.0. The molecule has 30 heavy (non-hydrogen) atoms. The van der Waals surface area contributed by atoms with Crippen molar-refractivity contribution in [3.8, 4) is 17.2 Å². The Bertz CT molecular complexity index is 1140. The van der Waals surface area contributed by atoms with E-state index in [2.05, 4.69) is 5.32 Å². The number of benzene rings is 2. The normalized spacial score (nSPS) is 20.9. The Labute approximate surface area is 175 Å². The summed E-state index contributed by atoms with van der Waals surface area (Å²) in [5.74, 6) is 1.30. The van der Waals surface area contributed by atoms with Gasteiger partial charge in [0.1, 0.15) is 17.2 Å². The fourth-order valence-corrected chi connectivity index (χ4v) is 5.45. The largest absolute Gasteiger partial charge is 0.507 e. The number of Topliss-reactive ketones (excluding diaryl/α,β-unsaturated/α-hetero) is 1. The van der Waals surface area contributed by atoms with Crippen LogP contribution in [0, 0.1) is 6.92 Å². The number of ketones is 1. The lowest BCUT2D eigenvalue weighted by Gasteiger charge is -2.14. The highest BCUT2D eigenvalue weighted by atomic mass is 32.2. The first-order valence-electron chi connectivity index (χ1n) is 9.65. The number of hydrogen-bond acceptors (Lipinski definition) is 7. The Morgan fingerprint density at radius 1 is 1.30 bits per heavy atom. The zero-order chi connectivity index (χ0) is 21.5. The quantitative estimate of drug-likeness (QED) is 0.705. The van der Waals surface area contributed by atoms with Crippen LogP contribution in [0.1, 0.15) is 33.5 Å². The maximum Gasteiger partial charge on any atom is 0.231 e. The number of ether oxygens (including phenoxy) is 2. The first kappa shape index (κ1) is 20.4. The summed E-state index contributed by atoms with van der Waals surface area (Å²) in [7, 11) is -1.41. The molecule has 0 aliphatic carbocycles. The predicted molar refractivity (Wildman–Crippen MR) is 113 cm³/mol. The molecule has 2 heterocycles. The molecule has 0 radical (unpaired) electrons. The standard InChI is InChI=1S/C22H23NO6S/c1-13-20(24)15(11-23-16-7-8-30(26,27)12-16)10-18-21(25)19(29-22(13)18)9-14-3-5-17(28-2)6-4-14/h3-6,9-10,16,23-24H,7-8,11-12H2,1-2H3. The average Bonchev–Trinajstić information content (AvgIpc) is 3.23. The Balaban J connectivity index is 1.56. The Hall–Kier alpha value is -2.84. The van der Waals surface area contributed by atoms with Gasteiger partial charge in [-0.3, -0.25) is 4.79 Å². The zero-order valence-corrected chi connectivity index (χ0v) is 17.6. The molecule has 2 N–H and O–H groups in total. The minimum absolute atomic E-state index is 0.0422. The van der Waals surface area contributed by atoms with E-state index in [1.807, 2.05) is 12.1 Å². The summed E-state index contributed by atoms with van der Waals surface area (Å²) >= 11 is 0. The minimum Gasteiger partial charge on any atom is -0.507 e. The number of allylic oxidation sites excluding steroid dienone is 1. The Morgan fingerprint density at radius 2 is 2.03 bits per heavy atom. The van der Waals surface area contributed by atoms with E-state index in [9.17, 15) is 18.3 Å². The van der Waals surface area contributed by atoms with Crippen LogP contribution in [0.4, 0.5) is 0 Å². The summed E-state index contributed by atoms with van der Waals surface area (Å²) in [6.45, 7) is 1.96.